The first-order chi connectivity index (χ1) is 14.3. The maximum Gasteiger partial charge on any atom is 0.261 e. The van der Waals surface area contributed by atoms with E-state index in [1.807, 2.05) is 32.9 Å². The molecular formula is C24H26N2O3S. The molecule has 0 saturated heterocycles. The predicted molar refractivity (Wildman–Crippen MR) is 120 cm³/mol. The highest BCUT2D eigenvalue weighted by molar-refractivity contribution is 7.92. The van der Waals surface area contributed by atoms with Gasteiger partial charge in [-0.3, -0.25) is 9.52 Å². The summed E-state index contributed by atoms with van der Waals surface area (Å²) in [5.41, 5.74) is 4.12. The largest absolute Gasteiger partial charge is 0.345 e. The number of benzene rings is 3. The van der Waals surface area contributed by atoms with E-state index in [2.05, 4.69) is 16.1 Å². The summed E-state index contributed by atoms with van der Waals surface area (Å²) in [4.78, 5) is 13.0. The molecular weight excluding hydrogens is 396 g/mol. The zero-order chi connectivity index (χ0) is 21.7. The van der Waals surface area contributed by atoms with E-state index in [4.69, 9.17) is 0 Å². The smallest absolute Gasteiger partial charge is 0.261 e. The number of carbonyl (C=O) groups is 1. The Bertz CT molecular complexity index is 1140. The summed E-state index contributed by atoms with van der Waals surface area (Å²) >= 11 is 0. The summed E-state index contributed by atoms with van der Waals surface area (Å²) in [6, 6.07) is 20.7. The standard InChI is InChI=1S/C24H26N2O3S/c1-4-23(22-14-13-17(2)15-18(22)3)25-24(27)19-9-8-10-20(16-19)26-30(28,29)21-11-6-5-7-12-21/h5-16,23,26H,4H2,1-3H3,(H,25,27)/t23-/m0/s1. The third-order valence-electron chi connectivity index (χ3n) is 4.94. The molecule has 5 nitrogen and oxygen atoms in total. The van der Waals surface area contributed by atoms with Gasteiger partial charge in [-0.15, -0.1) is 0 Å². The summed E-state index contributed by atoms with van der Waals surface area (Å²) in [7, 11) is -3.72. The van der Waals surface area contributed by atoms with E-state index in [1.165, 1.54) is 17.7 Å². The second-order valence-electron chi connectivity index (χ2n) is 7.29. The molecule has 0 heterocycles. The van der Waals surface area contributed by atoms with Gasteiger partial charge >= 0.3 is 0 Å². The number of amides is 1. The Morgan fingerprint density at radius 2 is 1.67 bits per heavy atom. The van der Waals surface area contributed by atoms with E-state index < -0.39 is 10.0 Å². The van der Waals surface area contributed by atoms with Gasteiger partial charge in [0.25, 0.3) is 15.9 Å². The molecule has 0 aliphatic rings. The predicted octanol–water partition coefficient (Wildman–Crippen LogP) is 4.99. The lowest BCUT2D eigenvalue weighted by Crippen LogP contribution is -2.28. The zero-order valence-electron chi connectivity index (χ0n) is 17.3. The fourth-order valence-electron chi connectivity index (χ4n) is 3.40. The zero-order valence-corrected chi connectivity index (χ0v) is 18.2. The molecule has 0 aliphatic carbocycles. The molecule has 0 bridgehead atoms. The van der Waals surface area contributed by atoms with Crippen molar-refractivity contribution in [1.29, 1.82) is 0 Å². The molecule has 0 fully saturated rings. The Balaban J connectivity index is 1.78. The van der Waals surface area contributed by atoms with Crippen molar-refractivity contribution in [1.82, 2.24) is 5.32 Å². The molecule has 30 heavy (non-hydrogen) atoms. The van der Waals surface area contributed by atoms with E-state index in [9.17, 15) is 13.2 Å². The van der Waals surface area contributed by atoms with Gasteiger partial charge in [0.1, 0.15) is 0 Å². The number of nitrogens with one attached hydrogen (secondary N) is 2. The quantitative estimate of drug-likeness (QED) is 0.563. The van der Waals surface area contributed by atoms with Crippen molar-refractivity contribution in [2.75, 3.05) is 4.72 Å². The number of sulfonamides is 1. The maximum absolute atomic E-state index is 12.9. The van der Waals surface area contributed by atoms with Crippen LogP contribution >= 0.6 is 0 Å². The molecule has 3 rings (SSSR count). The van der Waals surface area contributed by atoms with Gasteiger partial charge in [0.2, 0.25) is 0 Å². The highest BCUT2D eigenvalue weighted by atomic mass is 32.2. The van der Waals surface area contributed by atoms with Crippen molar-refractivity contribution in [2.45, 2.75) is 38.1 Å². The van der Waals surface area contributed by atoms with E-state index in [-0.39, 0.29) is 16.8 Å². The molecule has 1 amide bonds. The molecule has 0 aromatic heterocycles. The average molecular weight is 423 g/mol. The molecule has 0 spiro atoms. The van der Waals surface area contributed by atoms with E-state index in [1.54, 1.807) is 42.5 Å². The van der Waals surface area contributed by atoms with Gasteiger partial charge in [-0.25, -0.2) is 8.42 Å². The number of aryl methyl sites for hydroxylation is 2. The third kappa shape index (κ3) is 5.07. The number of hydrogen-bond donors (Lipinski definition) is 2. The number of hydrogen-bond acceptors (Lipinski definition) is 3. The topological polar surface area (TPSA) is 75.3 Å². The molecule has 0 saturated carbocycles. The molecule has 3 aromatic carbocycles. The molecule has 6 heteroatoms. The summed E-state index contributed by atoms with van der Waals surface area (Å²) in [6.07, 6.45) is 0.746. The van der Waals surface area contributed by atoms with Gasteiger partial charge in [-0.1, -0.05) is 55.0 Å². The lowest BCUT2D eigenvalue weighted by molar-refractivity contribution is 0.0935. The van der Waals surface area contributed by atoms with Crippen molar-refractivity contribution in [3.05, 3.63) is 95.1 Å². The summed E-state index contributed by atoms with van der Waals surface area (Å²) < 4.78 is 27.6. The van der Waals surface area contributed by atoms with Crippen LogP contribution in [0.1, 0.15) is 46.4 Å². The molecule has 156 valence electrons. The SMILES string of the molecule is CC[C@H](NC(=O)c1cccc(NS(=O)(=O)c2ccccc2)c1)c1ccc(C)cc1C. The third-order valence-corrected chi connectivity index (χ3v) is 6.34. The van der Waals surface area contributed by atoms with Crippen molar-refractivity contribution < 1.29 is 13.2 Å². The lowest BCUT2D eigenvalue weighted by atomic mass is 9.97. The van der Waals surface area contributed by atoms with Gasteiger partial charge in [0, 0.05) is 11.3 Å². The van der Waals surface area contributed by atoms with Crippen LogP contribution < -0.4 is 10.0 Å². The second-order valence-corrected chi connectivity index (χ2v) is 8.98. The van der Waals surface area contributed by atoms with Crippen LogP contribution in [0.5, 0.6) is 0 Å². The molecule has 0 radical (unpaired) electrons. The normalized spacial score (nSPS) is 12.2. The van der Waals surface area contributed by atoms with Crippen molar-refractivity contribution in [3.8, 4) is 0 Å². The minimum atomic E-state index is -3.72. The fraction of sp³-hybridized carbons (Fsp3) is 0.208. The molecule has 3 aromatic rings. The van der Waals surface area contributed by atoms with Gasteiger partial charge in [0.15, 0.2) is 0 Å². The molecule has 0 unspecified atom stereocenters. The van der Waals surface area contributed by atoms with Gasteiger partial charge in [-0.05, 0) is 61.7 Å². The first kappa shape index (κ1) is 21.6. The molecule has 0 aliphatic heterocycles. The summed E-state index contributed by atoms with van der Waals surface area (Å²) in [5, 5.41) is 3.07. The first-order valence-electron chi connectivity index (χ1n) is 9.86. The van der Waals surface area contributed by atoms with E-state index in [0.29, 0.717) is 11.3 Å². The average Bonchev–Trinajstić information content (AvgIpc) is 2.73. The van der Waals surface area contributed by atoms with Crippen LogP contribution in [0.4, 0.5) is 5.69 Å². The second kappa shape index (κ2) is 9.13. The first-order valence-corrected chi connectivity index (χ1v) is 11.3. The lowest BCUT2D eigenvalue weighted by Gasteiger charge is -2.20. The number of anilines is 1. The van der Waals surface area contributed by atoms with Crippen LogP contribution in [0, 0.1) is 13.8 Å². The Hall–Kier alpha value is -3.12. The van der Waals surface area contributed by atoms with Crippen LogP contribution in [-0.4, -0.2) is 14.3 Å². The highest BCUT2D eigenvalue weighted by Crippen LogP contribution is 2.23. The maximum atomic E-state index is 12.9. The van der Waals surface area contributed by atoms with Gasteiger partial charge in [-0.2, -0.15) is 0 Å². The monoisotopic (exact) mass is 422 g/mol. The Morgan fingerprint density at radius 1 is 0.933 bits per heavy atom. The Morgan fingerprint density at radius 3 is 2.33 bits per heavy atom. The Kier molecular flexibility index (Phi) is 6.57. The van der Waals surface area contributed by atoms with Crippen LogP contribution in [0.2, 0.25) is 0 Å². The minimum Gasteiger partial charge on any atom is -0.345 e. The van der Waals surface area contributed by atoms with Crippen LogP contribution in [0.15, 0.2) is 77.7 Å². The van der Waals surface area contributed by atoms with Crippen LogP contribution in [-0.2, 0) is 10.0 Å². The minimum absolute atomic E-state index is 0.122. The summed E-state index contributed by atoms with van der Waals surface area (Å²) in [5.74, 6) is -0.248. The van der Waals surface area contributed by atoms with Gasteiger partial charge < -0.3 is 5.32 Å². The van der Waals surface area contributed by atoms with Crippen LogP contribution in [0.3, 0.4) is 0 Å². The number of rotatable bonds is 7. The Labute approximate surface area is 178 Å². The van der Waals surface area contributed by atoms with E-state index in [0.717, 1.165) is 17.5 Å². The van der Waals surface area contributed by atoms with Gasteiger partial charge in [0.05, 0.1) is 10.9 Å². The molecule has 1 atom stereocenters. The van der Waals surface area contributed by atoms with E-state index >= 15 is 0 Å². The highest BCUT2D eigenvalue weighted by Gasteiger charge is 2.18. The molecule has 2 N–H and O–H groups in total. The van der Waals surface area contributed by atoms with Crippen LogP contribution in [0.25, 0.3) is 0 Å². The number of carbonyl (C=O) groups excluding carboxylic acids is 1. The van der Waals surface area contributed by atoms with Crippen molar-refractivity contribution >= 4 is 21.6 Å². The van der Waals surface area contributed by atoms with Crippen molar-refractivity contribution in [2.24, 2.45) is 0 Å². The summed E-state index contributed by atoms with van der Waals surface area (Å²) in [6.45, 7) is 6.10. The fourth-order valence-corrected chi connectivity index (χ4v) is 4.47. The van der Waals surface area contributed by atoms with Crippen molar-refractivity contribution in [3.63, 3.8) is 0 Å².